The molecule has 14 heavy (non-hydrogen) atoms. The van der Waals surface area contributed by atoms with Gasteiger partial charge in [0, 0.05) is 17.1 Å². The van der Waals surface area contributed by atoms with Gasteiger partial charge < -0.3 is 10.3 Å². The molecule has 1 aromatic carbocycles. The molecule has 1 aromatic heterocycles. The minimum atomic E-state index is 0.812. The van der Waals surface area contributed by atoms with E-state index in [4.69, 9.17) is 11.6 Å². The van der Waals surface area contributed by atoms with E-state index < -0.39 is 0 Å². The molecule has 0 amide bonds. The van der Waals surface area contributed by atoms with E-state index in [1.54, 1.807) is 0 Å². The number of hydrogen-bond acceptors (Lipinski definition) is 1. The van der Waals surface area contributed by atoms with Crippen LogP contribution in [-0.4, -0.2) is 18.6 Å². The summed E-state index contributed by atoms with van der Waals surface area (Å²) >= 11 is 6.11. The summed E-state index contributed by atoms with van der Waals surface area (Å²) in [7, 11) is 1.96. The van der Waals surface area contributed by atoms with Crippen molar-refractivity contribution in [3.05, 3.63) is 35.0 Å². The van der Waals surface area contributed by atoms with Crippen molar-refractivity contribution < 1.29 is 0 Å². The Morgan fingerprint density at radius 1 is 1.43 bits per heavy atom. The van der Waals surface area contributed by atoms with Crippen molar-refractivity contribution in [1.82, 2.24) is 10.3 Å². The number of rotatable bonds is 3. The van der Waals surface area contributed by atoms with Gasteiger partial charge >= 0.3 is 0 Å². The van der Waals surface area contributed by atoms with Crippen molar-refractivity contribution in [1.29, 1.82) is 0 Å². The van der Waals surface area contributed by atoms with E-state index in [0.29, 0.717) is 0 Å². The minimum Gasteiger partial charge on any atom is -0.360 e. The lowest BCUT2D eigenvalue weighted by molar-refractivity contribution is 0.795. The van der Waals surface area contributed by atoms with E-state index in [2.05, 4.69) is 22.4 Å². The van der Waals surface area contributed by atoms with Crippen LogP contribution in [0.3, 0.4) is 0 Å². The molecular formula is C11H13ClN2. The average molecular weight is 209 g/mol. The third-order valence-electron chi connectivity index (χ3n) is 2.39. The highest BCUT2D eigenvalue weighted by Gasteiger charge is 2.05. The third kappa shape index (κ3) is 1.63. The minimum absolute atomic E-state index is 0.812. The molecule has 2 rings (SSSR count). The molecule has 2 aromatic rings. The molecule has 3 heteroatoms. The van der Waals surface area contributed by atoms with E-state index in [1.807, 2.05) is 19.3 Å². The zero-order valence-corrected chi connectivity index (χ0v) is 8.86. The first-order valence-electron chi connectivity index (χ1n) is 4.72. The van der Waals surface area contributed by atoms with E-state index in [0.717, 1.165) is 28.9 Å². The fourth-order valence-electron chi connectivity index (χ4n) is 1.68. The van der Waals surface area contributed by atoms with Crippen molar-refractivity contribution >= 4 is 22.5 Å². The summed E-state index contributed by atoms with van der Waals surface area (Å²) in [6.45, 7) is 0.973. The largest absolute Gasteiger partial charge is 0.360 e. The maximum atomic E-state index is 6.11. The van der Waals surface area contributed by atoms with Gasteiger partial charge in [-0.1, -0.05) is 23.7 Å². The lowest BCUT2D eigenvalue weighted by Gasteiger charge is -2.03. The molecule has 0 saturated carbocycles. The van der Waals surface area contributed by atoms with Gasteiger partial charge in [0.1, 0.15) is 0 Å². The summed E-state index contributed by atoms with van der Waals surface area (Å²) in [5.74, 6) is 0. The maximum absolute atomic E-state index is 6.11. The second kappa shape index (κ2) is 4.03. The van der Waals surface area contributed by atoms with Gasteiger partial charge in [0.25, 0.3) is 0 Å². The summed E-state index contributed by atoms with van der Waals surface area (Å²) in [6.07, 6.45) is 2.85. The Hall–Kier alpha value is -0.990. The fourth-order valence-corrected chi connectivity index (χ4v) is 1.96. The standard InChI is InChI=1S/C11H13ClN2/c1-13-6-5-8-3-2-4-10-11(8)9(12)7-14-10/h2-4,7,13-14H,5-6H2,1H3. The molecule has 0 spiro atoms. The monoisotopic (exact) mass is 208 g/mol. The van der Waals surface area contributed by atoms with Crippen LogP contribution >= 0.6 is 11.6 Å². The molecule has 0 aliphatic rings. The predicted octanol–water partition coefficient (Wildman–Crippen LogP) is 2.58. The van der Waals surface area contributed by atoms with Crippen molar-refractivity contribution in [2.24, 2.45) is 0 Å². The third-order valence-corrected chi connectivity index (χ3v) is 2.69. The highest BCUT2D eigenvalue weighted by Crippen LogP contribution is 2.26. The molecular weight excluding hydrogens is 196 g/mol. The molecule has 0 aliphatic heterocycles. The lowest BCUT2D eigenvalue weighted by atomic mass is 10.1. The quantitative estimate of drug-likeness (QED) is 0.798. The average Bonchev–Trinajstić information content (AvgIpc) is 2.58. The summed E-state index contributed by atoms with van der Waals surface area (Å²) in [6, 6.07) is 6.23. The second-order valence-corrected chi connectivity index (χ2v) is 3.74. The van der Waals surface area contributed by atoms with Crippen molar-refractivity contribution in [2.45, 2.75) is 6.42 Å². The van der Waals surface area contributed by atoms with Crippen LogP contribution in [0.1, 0.15) is 5.56 Å². The van der Waals surface area contributed by atoms with E-state index in [-0.39, 0.29) is 0 Å². The number of aromatic nitrogens is 1. The first-order chi connectivity index (χ1) is 6.83. The molecule has 0 radical (unpaired) electrons. The number of fused-ring (bicyclic) bond motifs is 1. The summed E-state index contributed by atoms with van der Waals surface area (Å²) in [4.78, 5) is 3.15. The van der Waals surface area contributed by atoms with E-state index in [9.17, 15) is 0 Å². The van der Waals surface area contributed by atoms with Gasteiger partial charge in [-0.3, -0.25) is 0 Å². The van der Waals surface area contributed by atoms with Crippen LogP contribution in [-0.2, 0) is 6.42 Å². The van der Waals surface area contributed by atoms with Crippen LogP contribution in [0.25, 0.3) is 10.9 Å². The second-order valence-electron chi connectivity index (χ2n) is 3.33. The molecule has 74 valence electrons. The normalized spacial score (nSPS) is 11.0. The van der Waals surface area contributed by atoms with E-state index >= 15 is 0 Å². The lowest BCUT2D eigenvalue weighted by Crippen LogP contribution is -2.10. The first kappa shape index (κ1) is 9.56. The molecule has 2 N–H and O–H groups in total. The SMILES string of the molecule is CNCCc1cccc2[nH]cc(Cl)c12. The predicted molar refractivity (Wildman–Crippen MR) is 60.9 cm³/mol. The van der Waals surface area contributed by atoms with Crippen molar-refractivity contribution in [3.63, 3.8) is 0 Å². The molecule has 0 aliphatic carbocycles. The molecule has 0 fully saturated rings. The van der Waals surface area contributed by atoms with Crippen molar-refractivity contribution in [3.8, 4) is 0 Å². The topological polar surface area (TPSA) is 27.8 Å². The Morgan fingerprint density at radius 2 is 2.29 bits per heavy atom. The number of benzene rings is 1. The Bertz CT molecular complexity index is 434. The molecule has 1 heterocycles. The highest BCUT2D eigenvalue weighted by molar-refractivity contribution is 6.35. The number of likely N-dealkylation sites (N-methyl/N-ethyl adjacent to an activating group) is 1. The van der Waals surface area contributed by atoms with Crippen LogP contribution in [0.4, 0.5) is 0 Å². The molecule has 0 bridgehead atoms. The Balaban J connectivity index is 2.46. The highest BCUT2D eigenvalue weighted by atomic mass is 35.5. The molecule has 0 saturated heterocycles. The number of H-pyrrole nitrogens is 1. The van der Waals surface area contributed by atoms with Crippen LogP contribution < -0.4 is 5.32 Å². The molecule has 2 nitrogen and oxygen atoms in total. The van der Waals surface area contributed by atoms with Gasteiger partial charge in [0.05, 0.1) is 5.02 Å². The Kier molecular flexibility index (Phi) is 2.75. The molecule has 0 unspecified atom stereocenters. The summed E-state index contributed by atoms with van der Waals surface area (Å²) < 4.78 is 0. The smallest absolute Gasteiger partial charge is 0.0662 e. The van der Waals surface area contributed by atoms with Gasteiger partial charge in [0.2, 0.25) is 0 Å². The zero-order chi connectivity index (χ0) is 9.97. The van der Waals surface area contributed by atoms with Gasteiger partial charge in [0.15, 0.2) is 0 Å². The number of hydrogen-bond donors (Lipinski definition) is 2. The number of aromatic amines is 1. The maximum Gasteiger partial charge on any atom is 0.0662 e. The van der Waals surface area contributed by atoms with Crippen LogP contribution in [0.15, 0.2) is 24.4 Å². The van der Waals surface area contributed by atoms with Gasteiger partial charge in [-0.15, -0.1) is 0 Å². The van der Waals surface area contributed by atoms with Crippen LogP contribution in [0.2, 0.25) is 5.02 Å². The number of halogens is 1. The van der Waals surface area contributed by atoms with Crippen LogP contribution in [0.5, 0.6) is 0 Å². The summed E-state index contributed by atoms with van der Waals surface area (Å²) in [5.41, 5.74) is 2.41. The van der Waals surface area contributed by atoms with Crippen LogP contribution in [0, 0.1) is 0 Å². The van der Waals surface area contributed by atoms with Gasteiger partial charge in [-0.05, 0) is 31.6 Å². The van der Waals surface area contributed by atoms with E-state index in [1.165, 1.54) is 5.56 Å². The zero-order valence-electron chi connectivity index (χ0n) is 8.10. The fraction of sp³-hybridized carbons (Fsp3) is 0.273. The van der Waals surface area contributed by atoms with Gasteiger partial charge in [-0.25, -0.2) is 0 Å². The summed E-state index contributed by atoms with van der Waals surface area (Å²) in [5, 5.41) is 5.11. The molecule has 0 atom stereocenters. The first-order valence-corrected chi connectivity index (χ1v) is 5.10. The Labute approximate surface area is 88.3 Å². The number of nitrogens with one attached hydrogen (secondary N) is 2. The van der Waals surface area contributed by atoms with Crippen molar-refractivity contribution in [2.75, 3.05) is 13.6 Å². The Morgan fingerprint density at radius 3 is 3.07 bits per heavy atom. The van der Waals surface area contributed by atoms with Gasteiger partial charge in [-0.2, -0.15) is 0 Å².